The second-order valence-corrected chi connectivity index (χ2v) is 8.94. The molecule has 2 fully saturated rings. The molecule has 1 aromatic carbocycles. The molecular weight excluding hydrogens is 429 g/mol. The molecule has 1 amide bonds. The number of hydrogen-bond acceptors (Lipinski definition) is 7. The normalized spacial score (nSPS) is 17.5. The van der Waals surface area contributed by atoms with Gasteiger partial charge in [-0.05, 0) is 42.7 Å². The fourth-order valence-electron chi connectivity index (χ4n) is 3.65. The predicted octanol–water partition coefficient (Wildman–Crippen LogP) is 4.21. The first kappa shape index (κ1) is 18.9. The number of carbonyl (C=O) groups is 1. The summed E-state index contributed by atoms with van der Waals surface area (Å²) in [4.78, 5) is 21.0. The third kappa shape index (κ3) is 3.48. The van der Waals surface area contributed by atoms with Crippen molar-refractivity contribution in [3.8, 4) is 0 Å². The summed E-state index contributed by atoms with van der Waals surface area (Å²) in [5.41, 5.74) is 3.57. The van der Waals surface area contributed by atoms with Crippen LogP contribution in [0.2, 0.25) is 0 Å². The molecule has 160 valence electrons. The SMILES string of the molecule is C=C1NC(=O)C/C1=C\c1cnn2c(NC3CC3)cc(Nc3nc4ccc(F)cc4s3)nc12. The topological polar surface area (TPSA) is 96.2 Å². The standard InChI is InChI=1S/C22H18FN7OS/c1-11-12(7-20(31)25-11)6-13-10-24-30-19(26-15-3-4-15)9-18(28-21(13)30)29-22-27-16-5-2-14(23)8-17(16)32-22/h2,5-6,8-10,15,26H,1,3-4,7H2,(H,25,31)(H,27,28,29)/b12-6+. The van der Waals surface area contributed by atoms with E-state index in [1.165, 1.54) is 23.5 Å². The molecule has 0 bridgehead atoms. The highest BCUT2D eigenvalue weighted by molar-refractivity contribution is 7.22. The van der Waals surface area contributed by atoms with E-state index in [4.69, 9.17) is 4.98 Å². The first-order valence-electron chi connectivity index (χ1n) is 10.2. The lowest BCUT2D eigenvalue weighted by molar-refractivity contribution is -0.118. The van der Waals surface area contributed by atoms with Crippen LogP contribution in [0.3, 0.4) is 0 Å². The number of halogens is 1. The molecule has 0 spiro atoms. The van der Waals surface area contributed by atoms with Crippen molar-refractivity contribution in [2.75, 3.05) is 10.6 Å². The molecule has 3 aromatic heterocycles. The summed E-state index contributed by atoms with van der Waals surface area (Å²) in [7, 11) is 0. The van der Waals surface area contributed by atoms with Crippen LogP contribution in [0.25, 0.3) is 21.9 Å². The summed E-state index contributed by atoms with van der Waals surface area (Å²) < 4.78 is 16.1. The summed E-state index contributed by atoms with van der Waals surface area (Å²) in [5, 5.41) is 14.6. The summed E-state index contributed by atoms with van der Waals surface area (Å²) in [6, 6.07) is 6.84. The number of hydrogen-bond donors (Lipinski definition) is 3. The van der Waals surface area contributed by atoms with Crippen molar-refractivity contribution in [1.82, 2.24) is 24.9 Å². The van der Waals surface area contributed by atoms with Crippen molar-refractivity contribution in [3.05, 3.63) is 59.7 Å². The molecule has 1 aliphatic carbocycles. The minimum Gasteiger partial charge on any atom is -0.367 e. The Hall–Kier alpha value is -3.79. The van der Waals surface area contributed by atoms with E-state index >= 15 is 0 Å². The smallest absolute Gasteiger partial charge is 0.228 e. The third-order valence-electron chi connectivity index (χ3n) is 5.37. The summed E-state index contributed by atoms with van der Waals surface area (Å²) in [6.45, 7) is 3.91. The van der Waals surface area contributed by atoms with Crippen LogP contribution in [-0.4, -0.2) is 31.5 Å². The quantitative estimate of drug-likeness (QED) is 0.424. The van der Waals surface area contributed by atoms with Crippen molar-refractivity contribution in [3.63, 3.8) is 0 Å². The van der Waals surface area contributed by atoms with Crippen molar-refractivity contribution in [2.24, 2.45) is 0 Å². The molecule has 1 aliphatic heterocycles. The highest BCUT2D eigenvalue weighted by Gasteiger charge is 2.24. The Labute approximate surface area is 185 Å². The predicted molar refractivity (Wildman–Crippen MR) is 122 cm³/mol. The van der Waals surface area contributed by atoms with Gasteiger partial charge in [0.2, 0.25) is 5.91 Å². The Kier molecular flexibility index (Phi) is 4.22. The number of fused-ring (bicyclic) bond motifs is 2. The van der Waals surface area contributed by atoms with Crippen LogP contribution in [0.15, 0.2) is 48.3 Å². The lowest BCUT2D eigenvalue weighted by Gasteiger charge is -2.10. The molecule has 0 radical (unpaired) electrons. The van der Waals surface area contributed by atoms with Gasteiger partial charge < -0.3 is 16.0 Å². The van der Waals surface area contributed by atoms with Gasteiger partial charge >= 0.3 is 0 Å². The van der Waals surface area contributed by atoms with E-state index in [-0.39, 0.29) is 18.1 Å². The van der Waals surface area contributed by atoms with E-state index in [1.54, 1.807) is 16.8 Å². The summed E-state index contributed by atoms with van der Waals surface area (Å²) in [6.07, 6.45) is 6.13. The van der Waals surface area contributed by atoms with E-state index in [9.17, 15) is 9.18 Å². The van der Waals surface area contributed by atoms with E-state index in [0.29, 0.717) is 28.3 Å². The number of allylic oxidation sites excluding steroid dienone is 1. The highest BCUT2D eigenvalue weighted by Crippen LogP contribution is 2.32. The van der Waals surface area contributed by atoms with Crippen LogP contribution in [0, 0.1) is 5.82 Å². The van der Waals surface area contributed by atoms with Gasteiger partial charge in [0.05, 0.1) is 22.8 Å². The number of rotatable bonds is 5. The molecule has 0 unspecified atom stereocenters. The maximum Gasteiger partial charge on any atom is 0.228 e. The highest BCUT2D eigenvalue weighted by atomic mass is 32.1. The Morgan fingerprint density at radius 2 is 2.16 bits per heavy atom. The van der Waals surface area contributed by atoms with Crippen molar-refractivity contribution < 1.29 is 9.18 Å². The molecule has 10 heteroatoms. The zero-order valence-electron chi connectivity index (χ0n) is 16.9. The zero-order valence-corrected chi connectivity index (χ0v) is 17.7. The van der Waals surface area contributed by atoms with Crippen molar-refractivity contribution in [2.45, 2.75) is 25.3 Å². The van der Waals surface area contributed by atoms with Gasteiger partial charge in [0.15, 0.2) is 10.8 Å². The first-order valence-corrected chi connectivity index (χ1v) is 11.0. The fraction of sp³-hybridized carbons (Fsp3) is 0.182. The molecule has 3 N–H and O–H groups in total. The molecule has 0 atom stereocenters. The number of amides is 1. The van der Waals surface area contributed by atoms with Crippen LogP contribution in [0.4, 0.5) is 21.2 Å². The van der Waals surface area contributed by atoms with E-state index in [1.807, 2.05) is 12.1 Å². The number of thiazole rings is 1. The van der Waals surface area contributed by atoms with Crippen LogP contribution >= 0.6 is 11.3 Å². The van der Waals surface area contributed by atoms with Gasteiger partial charge in [0, 0.05) is 23.4 Å². The molecule has 4 heterocycles. The van der Waals surface area contributed by atoms with Gasteiger partial charge in [-0.25, -0.2) is 14.4 Å². The Morgan fingerprint density at radius 3 is 2.94 bits per heavy atom. The molecule has 1 saturated carbocycles. The number of nitrogens with one attached hydrogen (secondary N) is 3. The molecule has 32 heavy (non-hydrogen) atoms. The number of carbonyl (C=O) groups excluding carboxylic acids is 1. The summed E-state index contributed by atoms with van der Waals surface area (Å²) in [5.74, 6) is 1.05. The third-order valence-corrected chi connectivity index (χ3v) is 6.31. The van der Waals surface area contributed by atoms with Crippen molar-refractivity contribution >= 4 is 56.0 Å². The average Bonchev–Trinajstić information content (AvgIpc) is 3.19. The maximum absolute atomic E-state index is 13.5. The number of anilines is 3. The van der Waals surface area contributed by atoms with Gasteiger partial charge in [0.25, 0.3) is 0 Å². The number of aromatic nitrogens is 4. The monoisotopic (exact) mass is 447 g/mol. The minimum atomic E-state index is -0.290. The van der Waals surface area contributed by atoms with Crippen molar-refractivity contribution in [1.29, 1.82) is 0 Å². The van der Waals surface area contributed by atoms with Gasteiger partial charge in [0.1, 0.15) is 17.5 Å². The van der Waals surface area contributed by atoms with Crippen LogP contribution < -0.4 is 16.0 Å². The van der Waals surface area contributed by atoms with Gasteiger partial charge in [-0.2, -0.15) is 9.61 Å². The van der Waals surface area contributed by atoms with Gasteiger partial charge in [-0.1, -0.05) is 17.9 Å². The molecule has 4 aromatic rings. The largest absolute Gasteiger partial charge is 0.367 e. The average molecular weight is 447 g/mol. The second kappa shape index (κ2) is 7.13. The van der Waals surface area contributed by atoms with Crippen LogP contribution in [-0.2, 0) is 4.79 Å². The second-order valence-electron chi connectivity index (χ2n) is 7.91. The number of nitrogens with zero attached hydrogens (tertiary/aromatic N) is 4. The Balaban J connectivity index is 1.42. The molecule has 6 rings (SSSR count). The number of benzene rings is 1. The minimum absolute atomic E-state index is 0.0728. The molecule has 8 nitrogen and oxygen atoms in total. The molecule has 1 saturated heterocycles. The lowest BCUT2D eigenvalue weighted by atomic mass is 10.1. The molecular formula is C22H18FN7OS. The van der Waals surface area contributed by atoms with Crippen LogP contribution in [0.1, 0.15) is 24.8 Å². The first-order chi connectivity index (χ1) is 15.5. The van der Waals surface area contributed by atoms with Gasteiger partial charge in [-0.15, -0.1) is 0 Å². The lowest BCUT2D eigenvalue weighted by Crippen LogP contribution is -2.10. The zero-order chi connectivity index (χ0) is 21.8. The molecule has 2 aliphatic rings. The van der Waals surface area contributed by atoms with Gasteiger partial charge in [-0.3, -0.25) is 4.79 Å². The van der Waals surface area contributed by atoms with Crippen LogP contribution in [0.5, 0.6) is 0 Å². The Bertz CT molecular complexity index is 1450. The van der Waals surface area contributed by atoms with E-state index < -0.39 is 0 Å². The fourth-order valence-corrected chi connectivity index (χ4v) is 4.54. The maximum atomic E-state index is 13.5. The van der Waals surface area contributed by atoms with E-state index in [0.717, 1.165) is 40.0 Å². The Morgan fingerprint density at radius 1 is 1.28 bits per heavy atom. The van der Waals surface area contributed by atoms with E-state index in [2.05, 4.69) is 32.6 Å². The summed E-state index contributed by atoms with van der Waals surface area (Å²) >= 11 is 1.36.